The van der Waals surface area contributed by atoms with E-state index in [1.165, 1.54) is 0 Å². The number of aromatic nitrogens is 1. The molecule has 0 aliphatic heterocycles. The second kappa shape index (κ2) is 4.20. The molecule has 0 saturated heterocycles. The highest BCUT2D eigenvalue weighted by Crippen LogP contribution is 2.16. The quantitative estimate of drug-likeness (QED) is 0.402. The molecule has 0 bridgehead atoms. The van der Waals surface area contributed by atoms with Gasteiger partial charge in [0.05, 0.1) is 5.56 Å². The Hall–Kier alpha value is -1.14. The number of hydrogen-bond donors (Lipinski definition) is 3. The van der Waals surface area contributed by atoms with Crippen LogP contribution in [0.25, 0.3) is 0 Å². The van der Waals surface area contributed by atoms with Gasteiger partial charge in [0.15, 0.2) is 0 Å². The number of nitrogens with zero attached hydrogens (tertiary/aromatic N) is 1. The van der Waals surface area contributed by atoms with Crippen LogP contribution >= 0.6 is 15.9 Å². The number of halogens is 1. The van der Waals surface area contributed by atoms with Gasteiger partial charge in [-0.05, 0) is 22.0 Å². The van der Waals surface area contributed by atoms with Gasteiger partial charge >= 0.3 is 0 Å². The fourth-order valence-corrected chi connectivity index (χ4v) is 1.22. The molecular formula is C7H9BrN4O. The summed E-state index contributed by atoms with van der Waals surface area (Å²) in [7, 11) is 1.68. The van der Waals surface area contributed by atoms with E-state index in [0.29, 0.717) is 11.4 Å². The summed E-state index contributed by atoms with van der Waals surface area (Å²) >= 11 is 3.21. The predicted molar refractivity (Wildman–Crippen MR) is 53.1 cm³/mol. The van der Waals surface area contributed by atoms with Crippen molar-refractivity contribution < 1.29 is 4.79 Å². The number of pyridine rings is 1. The Morgan fingerprint density at radius 2 is 2.38 bits per heavy atom. The van der Waals surface area contributed by atoms with Gasteiger partial charge in [-0.1, -0.05) is 0 Å². The maximum absolute atomic E-state index is 11.2. The van der Waals surface area contributed by atoms with Crippen molar-refractivity contribution in [3.05, 3.63) is 22.3 Å². The Kier molecular flexibility index (Phi) is 3.21. The molecule has 0 aliphatic rings. The number of nitrogens with one attached hydrogen (secondary N) is 2. The van der Waals surface area contributed by atoms with Gasteiger partial charge in [-0.2, -0.15) is 0 Å². The molecule has 5 nitrogen and oxygen atoms in total. The Morgan fingerprint density at radius 1 is 1.69 bits per heavy atom. The lowest BCUT2D eigenvalue weighted by molar-refractivity contribution is 0.0954. The minimum Gasteiger partial charge on any atom is -0.372 e. The highest BCUT2D eigenvalue weighted by molar-refractivity contribution is 9.10. The molecular weight excluding hydrogens is 236 g/mol. The molecule has 1 heterocycles. The minimum absolute atomic E-state index is 0.377. The van der Waals surface area contributed by atoms with Crippen LogP contribution in [0.2, 0.25) is 0 Å². The van der Waals surface area contributed by atoms with Gasteiger partial charge in [0.25, 0.3) is 5.91 Å². The molecule has 13 heavy (non-hydrogen) atoms. The van der Waals surface area contributed by atoms with Gasteiger partial charge in [0.2, 0.25) is 0 Å². The van der Waals surface area contributed by atoms with Crippen molar-refractivity contribution in [1.29, 1.82) is 0 Å². The third-order valence-electron chi connectivity index (χ3n) is 1.47. The van der Waals surface area contributed by atoms with Gasteiger partial charge < -0.3 is 5.32 Å². The molecule has 0 radical (unpaired) electrons. The predicted octanol–water partition coefficient (Wildman–Crippen LogP) is 0.489. The van der Waals surface area contributed by atoms with E-state index in [0.717, 1.165) is 4.47 Å². The molecule has 0 aliphatic carbocycles. The second-order valence-corrected chi connectivity index (χ2v) is 3.19. The van der Waals surface area contributed by atoms with Crippen LogP contribution < -0.4 is 16.6 Å². The summed E-state index contributed by atoms with van der Waals surface area (Å²) in [4.78, 5) is 15.2. The van der Waals surface area contributed by atoms with E-state index in [1.54, 1.807) is 19.3 Å². The zero-order valence-corrected chi connectivity index (χ0v) is 8.55. The van der Waals surface area contributed by atoms with E-state index in [2.05, 4.69) is 26.2 Å². The Balaban J connectivity index is 3.15. The standard InChI is InChI=1S/C7H9BrN4O/c1-10-6-5(7(13)12-9)2-4(8)3-11-6/h2-3H,9H2,1H3,(H,10,11)(H,12,13). The summed E-state index contributed by atoms with van der Waals surface area (Å²) in [5.74, 6) is 5.12. The van der Waals surface area contributed by atoms with Crippen LogP contribution in [0.15, 0.2) is 16.7 Å². The number of anilines is 1. The first kappa shape index (κ1) is 9.94. The first-order chi connectivity index (χ1) is 6.19. The maximum Gasteiger partial charge on any atom is 0.268 e. The van der Waals surface area contributed by atoms with Gasteiger partial charge in [-0.25, -0.2) is 10.8 Å². The highest BCUT2D eigenvalue weighted by Gasteiger charge is 2.10. The van der Waals surface area contributed by atoms with Crippen molar-refractivity contribution >= 4 is 27.7 Å². The molecule has 0 aromatic carbocycles. The number of rotatable bonds is 2. The highest BCUT2D eigenvalue weighted by atomic mass is 79.9. The summed E-state index contributed by atoms with van der Waals surface area (Å²) in [5.41, 5.74) is 2.45. The molecule has 1 amide bonds. The van der Waals surface area contributed by atoms with Gasteiger partial charge in [0, 0.05) is 17.7 Å². The maximum atomic E-state index is 11.2. The fourth-order valence-electron chi connectivity index (χ4n) is 0.889. The molecule has 0 spiro atoms. The van der Waals surface area contributed by atoms with E-state index in [-0.39, 0.29) is 5.91 Å². The van der Waals surface area contributed by atoms with Gasteiger partial charge in [0.1, 0.15) is 5.82 Å². The lowest BCUT2D eigenvalue weighted by Gasteiger charge is -2.06. The van der Waals surface area contributed by atoms with Crippen LogP contribution in [0, 0.1) is 0 Å². The van der Waals surface area contributed by atoms with E-state index >= 15 is 0 Å². The smallest absolute Gasteiger partial charge is 0.268 e. The molecule has 1 rings (SSSR count). The van der Waals surface area contributed by atoms with Crippen LogP contribution in [-0.4, -0.2) is 17.9 Å². The summed E-state index contributed by atoms with van der Waals surface area (Å²) in [6.45, 7) is 0. The Morgan fingerprint density at radius 3 is 2.92 bits per heavy atom. The lowest BCUT2D eigenvalue weighted by Crippen LogP contribution is -2.30. The van der Waals surface area contributed by atoms with E-state index in [1.807, 2.05) is 5.43 Å². The van der Waals surface area contributed by atoms with Crippen LogP contribution in [0.1, 0.15) is 10.4 Å². The van der Waals surface area contributed by atoms with Crippen LogP contribution in [0.4, 0.5) is 5.82 Å². The number of carbonyl (C=O) groups is 1. The van der Waals surface area contributed by atoms with E-state index < -0.39 is 0 Å². The van der Waals surface area contributed by atoms with Gasteiger partial charge in [-0.3, -0.25) is 10.2 Å². The molecule has 1 aromatic rings. The largest absolute Gasteiger partial charge is 0.372 e. The number of amides is 1. The van der Waals surface area contributed by atoms with Crippen molar-refractivity contribution in [2.45, 2.75) is 0 Å². The molecule has 6 heteroatoms. The molecule has 0 fully saturated rings. The molecule has 0 atom stereocenters. The average Bonchev–Trinajstić information content (AvgIpc) is 2.16. The number of carbonyl (C=O) groups excluding carboxylic acids is 1. The molecule has 1 aromatic heterocycles. The summed E-state index contributed by atoms with van der Waals surface area (Å²) in [6.07, 6.45) is 1.60. The lowest BCUT2D eigenvalue weighted by atomic mass is 10.2. The number of hydrazine groups is 1. The number of hydrogen-bond acceptors (Lipinski definition) is 4. The van der Waals surface area contributed by atoms with E-state index in [4.69, 9.17) is 5.84 Å². The summed E-state index contributed by atoms with van der Waals surface area (Å²) in [6, 6.07) is 1.64. The number of nitrogens with two attached hydrogens (primary N) is 1. The Labute approximate surface area is 83.8 Å². The van der Waals surface area contributed by atoms with Crippen LogP contribution in [0.3, 0.4) is 0 Å². The van der Waals surface area contributed by atoms with Crippen molar-refractivity contribution in [2.75, 3.05) is 12.4 Å². The summed E-state index contributed by atoms with van der Waals surface area (Å²) < 4.78 is 0.727. The third-order valence-corrected chi connectivity index (χ3v) is 1.90. The minimum atomic E-state index is -0.377. The average molecular weight is 245 g/mol. The number of nitrogen functional groups attached to an aromatic ring is 1. The topological polar surface area (TPSA) is 80.0 Å². The van der Waals surface area contributed by atoms with Crippen molar-refractivity contribution in [3.8, 4) is 0 Å². The first-order valence-corrected chi connectivity index (χ1v) is 4.32. The van der Waals surface area contributed by atoms with Gasteiger partial charge in [-0.15, -0.1) is 0 Å². The zero-order chi connectivity index (χ0) is 9.84. The van der Waals surface area contributed by atoms with E-state index in [9.17, 15) is 4.79 Å². The second-order valence-electron chi connectivity index (χ2n) is 2.27. The van der Waals surface area contributed by atoms with Crippen LogP contribution in [-0.2, 0) is 0 Å². The fraction of sp³-hybridized carbons (Fsp3) is 0.143. The first-order valence-electron chi connectivity index (χ1n) is 3.53. The molecule has 70 valence electrons. The molecule has 4 N–H and O–H groups in total. The zero-order valence-electron chi connectivity index (χ0n) is 6.97. The van der Waals surface area contributed by atoms with Crippen molar-refractivity contribution in [1.82, 2.24) is 10.4 Å². The monoisotopic (exact) mass is 244 g/mol. The van der Waals surface area contributed by atoms with Crippen molar-refractivity contribution in [3.63, 3.8) is 0 Å². The third kappa shape index (κ3) is 2.16. The Bertz CT molecular complexity index is 328. The molecule has 0 unspecified atom stereocenters. The van der Waals surface area contributed by atoms with Crippen molar-refractivity contribution in [2.24, 2.45) is 5.84 Å². The summed E-state index contributed by atoms with van der Waals surface area (Å²) in [5, 5.41) is 2.79. The normalized spacial score (nSPS) is 9.46. The molecule has 0 saturated carbocycles. The SMILES string of the molecule is CNc1ncc(Br)cc1C(=O)NN. The van der Waals surface area contributed by atoms with Crippen LogP contribution in [0.5, 0.6) is 0 Å².